The molecule has 0 radical (unpaired) electrons. The van der Waals surface area contributed by atoms with Gasteiger partial charge in [-0.25, -0.2) is 0 Å². The Labute approximate surface area is 221 Å². The lowest BCUT2D eigenvalue weighted by molar-refractivity contribution is 0.144. The Kier molecular flexibility index (Phi) is 10.4. The molecule has 2 aromatic rings. The van der Waals surface area contributed by atoms with Gasteiger partial charge in [-0.1, -0.05) is 51.5 Å². The van der Waals surface area contributed by atoms with Crippen LogP contribution in [0.1, 0.15) is 73.8 Å². The maximum atomic E-state index is 10.3. The summed E-state index contributed by atoms with van der Waals surface area (Å²) in [5, 5.41) is 23.2. The predicted molar refractivity (Wildman–Crippen MR) is 155 cm³/mol. The smallest absolute Gasteiger partial charge is 0.101 e. The van der Waals surface area contributed by atoms with Crippen molar-refractivity contribution in [2.75, 3.05) is 24.5 Å². The van der Waals surface area contributed by atoms with E-state index in [0.29, 0.717) is 29.7 Å². The van der Waals surface area contributed by atoms with E-state index in [-0.39, 0.29) is 0 Å². The average Bonchev–Trinajstić information content (AvgIpc) is 3.35. The van der Waals surface area contributed by atoms with Gasteiger partial charge in [0.2, 0.25) is 0 Å². The quantitative estimate of drug-likeness (QED) is 0.225. The summed E-state index contributed by atoms with van der Waals surface area (Å²) in [6.45, 7) is 15.2. The van der Waals surface area contributed by atoms with Crippen molar-refractivity contribution < 1.29 is 5.11 Å². The Morgan fingerprint density at radius 3 is 2.75 bits per heavy atom. The van der Waals surface area contributed by atoms with E-state index in [4.69, 9.17) is 0 Å². The second-order valence-corrected chi connectivity index (χ2v) is 10.9. The summed E-state index contributed by atoms with van der Waals surface area (Å²) < 4.78 is 0. The summed E-state index contributed by atoms with van der Waals surface area (Å²) >= 11 is 1.72. The number of rotatable bonds is 13. The first-order valence-corrected chi connectivity index (χ1v) is 14.1. The molecule has 1 aromatic heterocycles. The molecule has 1 aromatic carbocycles. The molecule has 1 aliphatic carbocycles. The maximum absolute atomic E-state index is 10.3. The predicted octanol–water partition coefficient (Wildman–Crippen LogP) is 7.14. The van der Waals surface area contributed by atoms with Gasteiger partial charge in [-0.3, -0.25) is 0 Å². The number of aliphatic hydroxyl groups excluding tert-OH is 1. The molecule has 0 spiro atoms. The molecule has 0 amide bonds. The number of nitrogens with one attached hydrogen (secondary N) is 1. The minimum atomic E-state index is -0.444. The molecule has 1 aliphatic rings. The number of benzene rings is 1. The van der Waals surface area contributed by atoms with Crippen molar-refractivity contribution in [3.05, 3.63) is 75.1 Å². The van der Waals surface area contributed by atoms with E-state index in [9.17, 15) is 10.4 Å². The summed E-state index contributed by atoms with van der Waals surface area (Å²) in [6.07, 6.45) is 9.99. The van der Waals surface area contributed by atoms with Gasteiger partial charge >= 0.3 is 0 Å². The Morgan fingerprint density at radius 2 is 2.06 bits per heavy atom. The molecule has 0 bridgehead atoms. The lowest BCUT2D eigenvalue weighted by Gasteiger charge is -2.24. The first kappa shape index (κ1) is 27.8. The molecule has 192 valence electrons. The highest BCUT2D eigenvalue weighted by molar-refractivity contribution is 7.13. The van der Waals surface area contributed by atoms with Crippen molar-refractivity contribution in [3.8, 4) is 6.07 Å². The minimum absolute atomic E-state index is 0.344. The summed E-state index contributed by atoms with van der Waals surface area (Å²) in [5.41, 5.74) is 5.04. The third kappa shape index (κ3) is 7.35. The van der Waals surface area contributed by atoms with Gasteiger partial charge in [-0.15, -0.1) is 11.3 Å². The minimum Gasteiger partial charge on any atom is -0.391 e. The molecule has 0 aliphatic heterocycles. The van der Waals surface area contributed by atoms with Crippen molar-refractivity contribution in [1.29, 1.82) is 5.26 Å². The molecule has 0 saturated carbocycles. The fraction of sp³-hybridized carbons (Fsp3) is 0.452. The molecule has 2 N–H and O–H groups in total. The molecule has 4 nitrogen and oxygen atoms in total. The highest BCUT2D eigenvalue weighted by Gasteiger charge is 2.18. The molecule has 3 unspecified atom stereocenters. The Hall–Kier alpha value is -2.81. The van der Waals surface area contributed by atoms with Crippen LogP contribution in [0.2, 0.25) is 0 Å². The Bertz CT molecular complexity index is 1120. The van der Waals surface area contributed by atoms with Gasteiger partial charge in [0.1, 0.15) is 6.07 Å². The first-order chi connectivity index (χ1) is 17.4. The van der Waals surface area contributed by atoms with Crippen LogP contribution in [0.5, 0.6) is 0 Å². The molecule has 5 heteroatoms. The first-order valence-electron chi connectivity index (χ1n) is 13.3. The van der Waals surface area contributed by atoms with Crippen LogP contribution >= 0.6 is 11.3 Å². The van der Waals surface area contributed by atoms with Crippen molar-refractivity contribution in [1.82, 2.24) is 5.32 Å². The highest BCUT2D eigenvalue weighted by atomic mass is 32.1. The largest absolute Gasteiger partial charge is 0.391 e. The van der Waals surface area contributed by atoms with Gasteiger partial charge in [-0.05, 0) is 74.1 Å². The van der Waals surface area contributed by atoms with E-state index < -0.39 is 6.10 Å². The van der Waals surface area contributed by atoms with Gasteiger partial charge in [0.15, 0.2) is 0 Å². The maximum Gasteiger partial charge on any atom is 0.101 e. The monoisotopic (exact) mass is 503 g/mol. The van der Waals surface area contributed by atoms with Crippen molar-refractivity contribution in [3.63, 3.8) is 0 Å². The van der Waals surface area contributed by atoms with E-state index in [0.717, 1.165) is 43.6 Å². The van der Waals surface area contributed by atoms with E-state index in [1.807, 2.05) is 6.08 Å². The standard InChI is InChI=1S/C31H41N3OS/c1-6-9-22(4)16-29(35)21-33-23(5)27(20-32)19-30-14-15-31(36-30)26-11-10-25-18-28(34(7-2)8-3)13-12-24(25)17-26/h10-15,18-19,22,26,29,33,35H,5-9,16-17,21H2,1-4H3/b27-19+. The van der Waals surface area contributed by atoms with E-state index in [2.05, 4.69) is 93.0 Å². The van der Waals surface area contributed by atoms with Crippen LogP contribution in [-0.2, 0) is 6.42 Å². The van der Waals surface area contributed by atoms with E-state index in [1.165, 1.54) is 21.7 Å². The second kappa shape index (κ2) is 13.5. The topological polar surface area (TPSA) is 59.3 Å². The van der Waals surface area contributed by atoms with Crippen LogP contribution in [0.25, 0.3) is 12.2 Å². The third-order valence-corrected chi connectivity index (χ3v) is 8.12. The molecule has 3 atom stereocenters. The van der Waals surface area contributed by atoms with Crippen LogP contribution in [0.15, 0.2) is 54.3 Å². The number of thiophene rings is 1. The number of hydrogen-bond donors (Lipinski definition) is 2. The highest BCUT2D eigenvalue weighted by Crippen LogP contribution is 2.36. The number of hydrogen-bond acceptors (Lipinski definition) is 5. The summed E-state index contributed by atoms with van der Waals surface area (Å²) in [7, 11) is 0. The van der Waals surface area contributed by atoms with Gasteiger partial charge in [0, 0.05) is 46.7 Å². The van der Waals surface area contributed by atoms with Crippen LogP contribution < -0.4 is 10.2 Å². The van der Waals surface area contributed by atoms with Crippen LogP contribution in [0.4, 0.5) is 5.69 Å². The van der Waals surface area contributed by atoms with Gasteiger partial charge in [-0.2, -0.15) is 5.26 Å². The molecular weight excluding hydrogens is 462 g/mol. The Morgan fingerprint density at radius 1 is 1.28 bits per heavy atom. The summed E-state index contributed by atoms with van der Waals surface area (Å²) in [4.78, 5) is 4.71. The van der Waals surface area contributed by atoms with Crippen LogP contribution in [-0.4, -0.2) is 30.8 Å². The number of nitriles is 1. The SMILES string of the molecule is C=C(NCC(O)CC(C)CCC)/C(C#N)=C/c1ccc(C2C=Cc3cc(N(CC)CC)ccc3C2)s1. The fourth-order valence-corrected chi connectivity index (χ4v) is 5.93. The number of nitrogens with zero attached hydrogens (tertiary/aromatic N) is 2. The van der Waals surface area contributed by atoms with E-state index in [1.54, 1.807) is 11.3 Å². The molecule has 1 heterocycles. The molecule has 0 fully saturated rings. The number of allylic oxidation sites excluding steroid dienone is 2. The zero-order chi connectivity index (χ0) is 26.1. The van der Waals surface area contributed by atoms with Crippen LogP contribution in [0, 0.1) is 17.2 Å². The van der Waals surface area contributed by atoms with Gasteiger partial charge in [0.25, 0.3) is 0 Å². The number of aliphatic hydroxyl groups is 1. The number of anilines is 1. The van der Waals surface area contributed by atoms with Gasteiger partial charge in [0.05, 0.1) is 11.7 Å². The molecule has 0 saturated heterocycles. The zero-order valence-electron chi connectivity index (χ0n) is 22.3. The van der Waals surface area contributed by atoms with Crippen molar-refractivity contribution in [2.45, 2.75) is 65.4 Å². The van der Waals surface area contributed by atoms with Gasteiger partial charge < -0.3 is 15.3 Å². The Balaban J connectivity index is 1.63. The lowest BCUT2D eigenvalue weighted by atomic mass is 9.88. The summed E-state index contributed by atoms with van der Waals surface area (Å²) in [6, 6.07) is 13.3. The fourth-order valence-electron chi connectivity index (χ4n) is 4.90. The van der Waals surface area contributed by atoms with Crippen molar-refractivity contribution >= 4 is 29.2 Å². The number of fused-ring (bicyclic) bond motifs is 1. The lowest BCUT2D eigenvalue weighted by Crippen LogP contribution is -2.28. The van der Waals surface area contributed by atoms with Crippen LogP contribution in [0.3, 0.4) is 0 Å². The second-order valence-electron chi connectivity index (χ2n) is 9.78. The zero-order valence-corrected chi connectivity index (χ0v) is 23.1. The average molecular weight is 504 g/mol. The summed E-state index contributed by atoms with van der Waals surface area (Å²) in [5.74, 6) is 0.830. The third-order valence-electron chi connectivity index (χ3n) is 6.96. The van der Waals surface area contributed by atoms with E-state index >= 15 is 0 Å². The van der Waals surface area contributed by atoms with Crippen molar-refractivity contribution in [2.24, 2.45) is 5.92 Å². The molecule has 3 rings (SSSR count). The normalized spacial score (nSPS) is 16.7. The molecule has 36 heavy (non-hydrogen) atoms. The molecular formula is C31H41N3OS.